The first-order chi connectivity index (χ1) is 8.81. The van der Waals surface area contributed by atoms with Gasteiger partial charge in [-0.2, -0.15) is 5.26 Å². The summed E-state index contributed by atoms with van der Waals surface area (Å²) in [5, 5.41) is 9.79. The number of aromatic nitrogens is 1. The van der Waals surface area contributed by atoms with Crippen LogP contribution in [0.25, 0.3) is 0 Å². The van der Waals surface area contributed by atoms with Crippen molar-refractivity contribution in [2.75, 3.05) is 24.6 Å². The van der Waals surface area contributed by atoms with Gasteiger partial charge in [-0.05, 0) is 24.8 Å². The minimum Gasteiger partial charge on any atom is -0.376 e. The molecule has 2 aliphatic heterocycles. The Morgan fingerprint density at radius 2 is 2.06 bits per heavy atom. The molecular weight excluding hydrogens is 246 g/mol. The standard InChI is InChI=1S/C13H15N3OS/c14-7-10-9-3-6-17-8-11(9)12(15-13(10)18)16-4-1-2-5-16/h1-6,8H2,(H,15,18). The van der Waals surface area contributed by atoms with Crippen LogP contribution in [0.5, 0.6) is 0 Å². The van der Waals surface area contributed by atoms with E-state index < -0.39 is 0 Å². The molecule has 0 spiro atoms. The number of rotatable bonds is 1. The van der Waals surface area contributed by atoms with Crippen molar-refractivity contribution in [1.82, 2.24) is 4.98 Å². The predicted octanol–water partition coefficient (Wildman–Crippen LogP) is 1.91. The van der Waals surface area contributed by atoms with Crippen LogP contribution in [-0.4, -0.2) is 24.7 Å². The van der Waals surface area contributed by atoms with E-state index in [0.29, 0.717) is 23.8 Å². The number of nitrogens with zero attached hydrogens (tertiary/aromatic N) is 3. The highest BCUT2D eigenvalue weighted by Crippen LogP contribution is 2.33. The third kappa shape index (κ3) is 1.86. The van der Waals surface area contributed by atoms with Crippen LogP contribution in [0.4, 0.5) is 5.82 Å². The van der Waals surface area contributed by atoms with Crippen LogP contribution in [0.1, 0.15) is 29.5 Å². The Kier molecular flexibility index (Phi) is 3.14. The first-order valence-corrected chi connectivity index (χ1v) is 6.73. The summed E-state index contributed by atoms with van der Waals surface area (Å²) in [5.74, 6) is 0.978. The van der Waals surface area contributed by atoms with E-state index in [9.17, 15) is 5.26 Å². The van der Waals surface area contributed by atoms with Gasteiger partial charge in [0.25, 0.3) is 0 Å². The van der Waals surface area contributed by atoms with Crippen molar-refractivity contribution in [3.8, 4) is 6.07 Å². The molecular formula is C13H15N3OS. The third-order valence-corrected chi connectivity index (χ3v) is 3.96. The van der Waals surface area contributed by atoms with Gasteiger partial charge in [0.2, 0.25) is 0 Å². The van der Waals surface area contributed by atoms with Crippen LogP contribution < -0.4 is 4.90 Å². The van der Waals surface area contributed by atoms with Gasteiger partial charge >= 0.3 is 0 Å². The van der Waals surface area contributed by atoms with E-state index >= 15 is 0 Å². The van der Waals surface area contributed by atoms with Crippen LogP contribution >= 0.6 is 12.6 Å². The van der Waals surface area contributed by atoms with Crippen LogP contribution in [0.2, 0.25) is 0 Å². The Hall–Kier alpha value is -1.25. The second kappa shape index (κ2) is 4.79. The molecule has 94 valence electrons. The number of pyridine rings is 1. The second-order valence-electron chi connectivity index (χ2n) is 4.70. The zero-order valence-electron chi connectivity index (χ0n) is 10.1. The summed E-state index contributed by atoms with van der Waals surface area (Å²) in [6.07, 6.45) is 3.20. The van der Waals surface area contributed by atoms with Crippen molar-refractivity contribution in [3.63, 3.8) is 0 Å². The third-order valence-electron chi connectivity index (χ3n) is 3.63. The fraction of sp³-hybridized carbons (Fsp3) is 0.538. The number of nitriles is 1. The molecule has 0 aliphatic carbocycles. The molecule has 0 amide bonds. The number of hydrogen-bond acceptors (Lipinski definition) is 5. The molecule has 4 nitrogen and oxygen atoms in total. The average molecular weight is 261 g/mol. The molecule has 3 heterocycles. The maximum atomic E-state index is 9.24. The molecule has 0 saturated carbocycles. The Labute approximate surface area is 112 Å². The highest BCUT2D eigenvalue weighted by atomic mass is 32.1. The molecule has 0 bridgehead atoms. The van der Waals surface area contributed by atoms with Crippen molar-refractivity contribution < 1.29 is 4.74 Å². The normalized spacial score (nSPS) is 18.6. The van der Waals surface area contributed by atoms with E-state index in [-0.39, 0.29) is 0 Å². The lowest BCUT2D eigenvalue weighted by molar-refractivity contribution is 0.110. The number of anilines is 1. The molecule has 2 aliphatic rings. The van der Waals surface area contributed by atoms with Crippen LogP contribution in [0.3, 0.4) is 0 Å². The molecule has 0 N–H and O–H groups in total. The largest absolute Gasteiger partial charge is 0.376 e. The molecule has 0 aromatic carbocycles. The summed E-state index contributed by atoms with van der Waals surface area (Å²) in [5.41, 5.74) is 2.81. The Morgan fingerprint density at radius 3 is 2.78 bits per heavy atom. The molecule has 0 unspecified atom stereocenters. The molecule has 1 aromatic heterocycles. The molecule has 1 fully saturated rings. The molecule has 0 radical (unpaired) electrons. The predicted molar refractivity (Wildman–Crippen MR) is 71.0 cm³/mol. The van der Waals surface area contributed by atoms with Crippen molar-refractivity contribution >= 4 is 18.4 Å². The number of fused-ring (bicyclic) bond motifs is 1. The van der Waals surface area contributed by atoms with Crippen LogP contribution in [0, 0.1) is 11.3 Å². The molecule has 5 heteroatoms. The minimum atomic E-state index is 0.556. The summed E-state index contributed by atoms with van der Waals surface area (Å²) < 4.78 is 5.53. The number of ether oxygens (including phenoxy) is 1. The fourth-order valence-corrected chi connectivity index (χ4v) is 3.01. The highest BCUT2D eigenvalue weighted by Gasteiger charge is 2.25. The summed E-state index contributed by atoms with van der Waals surface area (Å²) >= 11 is 4.37. The number of hydrogen-bond donors (Lipinski definition) is 1. The molecule has 1 aromatic rings. The molecule has 18 heavy (non-hydrogen) atoms. The quantitative estimate of drug-likeness (QED) is 0.785. The van der Waals surface area contributed by atoms with Crippen LogP contribution in [-0.2, 0) is 17.8 Å². The van der Waals surface area contributed by atoms with Gasteiger partial charge in [0.05, 0.1) is 18.8 Å². The van der Waals surface area contributed by atoms with Gasteiger partial charge in [-0.15, -0.1) is 12.6 Å². The van der Waals surface area contributed by atoms with E-state index in [1.54, 1.807) is 0 Å². The van der Waals surface area contributed by atoms with Crippen molar-refractivity contribution in [2.24, 2.45) is 0 Å². The van der Waals surface area contributed by atoms with E-state index in [0.717, 1.165) is 36.5 Å². The Balaban J connectivity index is 2.14. The minimum absolute atomic E-state index is 0.556. The Bertz CT molecular complexity index is 518. The molecule has 3 rings (SSSR count). The lowest BCUT2D eigenvalue weighted by Gasteiger charge is -2.26. The first-order valence-electron chi connectivity index (χ1n) is 6.28. The smallest absolute Gasteiger partial charge is 0.135 e. The monoisotopic (exact) mass is 261 g/mol. The topological polar surface area (TPSA) is 49.2 Å². The summed E-state index contributed by atoms with van der Waals surface area (Å²) in [4.78, 5) is 6.81. The summed E-state index contributed by atoms with van der Waals surface area (Å²) in [7, 11) is 0. The summed E-state index contributed by atoms with van der Waals surface area (Å²) in [6.45, 7) is 3.33. The van der Waals surface area contributed by atoms with Crippen molar-refractivity contribution in [1.29, 1.82) is 5.26 Å². The fourth-order valence-electron chi connectivity index (χ4n) is 2.73. The van der Waals surface area contributed by atoms with Gasteiger partial charge in [-0.25, -0.2) is 4.98 Å². The number of thiol groups is 1. The maximum absolute atomic E-state index is 9.24. The van der Waals surface area contributed by atoms with Crippen LogP contribution in [0.15, 0.2) is 5.03 Å². The maximum Gasteiger partial charge on any atom is 0.135 e. The van der Waals surface area contributed by atoms with E-state index in [1.165, 1.54) is 12.8 Å². The molecule has 0 atom stereocenters. The van der Waals surface area contributed by atoms with Crippen molar-refractivity contribution in [3.05, 3.63) is 16.7 Å². The Morgan fingerprint density at radius 1 is 1.28 bits per heavy atom. The first kappa shape index (κ1) is 11.8. The van der Waals surface area contributed by atoms with Crippen molar-refractivity contribution in [2.45, 2.75) is 30.9 Å². The second-order valence-corrected chi connectivity index (χ2v) is 5.12. The SMILES string of the molecule is N#Cc1c(S)nc(N2CCCC2)c2c1CCOC2. The lowest BCUT2D eigenvalue weighted by atomic mass is 9.99. The zero-order chi connectivity index (χ0) is 12.5. The van der Waals surface area contributed by atoms with Gasteiger partial charge in [-0.1, -0.05) is 0 Å². The average Bonchev–Trinajstić information content (AvgIpc) is 2.91. The van der Waals surface area contributed by atoms with E-state index in [4.69, 9.17) is 4.74 Å². The van der Waals surface area contributed by atoms with Gasteiger partial charge in [0, 0.05) is 18.7 Å². The lowest BCUT2D eigenvalue weighted by Crippen LogP contribution is -2.24. The van der Waals surface area contributed by atoms with Gasteiger partial charge in [-0.3, -0.25) is 0 Å². The van der Waals surface area contributed by atoms with Gasteiger partial charge < -0.3 is 9.64 Å². The van der Waals surface area contributed by atoms with E-state index in [1.807, 2.05) is 0 Å². The molecule has 1 saturated heterocycles. The van der Waals surface area contributed by atoms with Gasteiger partial charge in [0.15, 0.2) is 0 Å². The highest BCUT2D eigenvalue weighted by molar-refractivity contribution is 7.80. The van der Waals surface area contributed by atoms with Gasteiger partial charge in [0.1, 0.15) is 16.9 Å². The summed E-state index contributed by atoms with van der Waals surface area (Å²) in [6, 6.07) is 2.23. The van der Waals surface area contributed by atoms with E-state index in [2.05, 4.69) is 28.6 Å². The zero-order valence-corrected chi connectivity index (χ0v) is 11.0.